The summed E-state index contributed by atoms with van der Waals surface area (Å²) in [6.45, 7) is 6.86. The van der Waals surface area contributed by atoms with Gasteiger partial charge in [-0.1, -0.05) is 0 Å². The molecule has 3 rings (SSSR count). The number of rotatable bonds is 6. The van der Waals surface area contributed by atoms with Gasteiger partial charge in [-0.3, -0.25) is 4.79 Å². The van der Waals surface area contributed by atoms with E-state index in [0.29, 0.717) is 18.3 Å². The second-order valence-electron chi connectivity index (χ2n) is 8.40. The van der Waals surface area contributed by atoms with Crippen molar-refractivity contribution in [1.82, 2.24) is 19.8 Å². The first-order chi connectivity index (χ1) is 12.9. The average molecular weight is 375 g/mol. The third-order valence-electron chi connectivity index (χ3n) is 5.99. The van der Waals surface area contributed by atoms with Gasteiger partial charge in [0.15, 0.2) is 0 Å². The van der Waals surface area contributed by atoms with E-state index < -0.39 is 0 Å². The highest BCUT2D eigenvalue weighted by Gasteiger charge is 2.41. The largest absolute Gasteiger partial charge is 0.357 e. The van der Waals surface area contributed by atoms with Gasteiger partial charge >= 0.3 is 0 Å². The Morgan fingerprint density at radius 1 is 1.22 bits per heavy atom. The van der Waals surface area contributed by atoms with Crippen LogP contribution >= 0.6 is 0 Å². The maximum atomic E-state index is 12.4. The fourth-order valence-corrected chi connectivity index (χ4v) is 4.33. The molecule has 1 spiro atoms. The number of likely N-dealkylation sites (tertiary alicyclic amines) is 1. The van der Waals surface area contributed by atoms with E-state index in [1.165, 1.54) is 0 Å². The summed E-state index contributed by atoms with van der Waals surface area (Å²) in [4.78, 5) is 28.1. The van der Waals surface area contributed by atoms with Gasteiger partial charge in [0.2, 0.25) is 11.9 Å². The molecule has 0 radical (unpaired) electrons. The maximum absolute atomic E-state index is 12.4. The third-order valence-corrected chi connectivity index (χ3v) is 5.99. The fraction of sp³-hybridized carbons (Fsp3) is 0.750. The van der Waals surface area contributed by atoms with Crippen LogP contribution in [0.15, 0.2) is 6.07 Å². The molecular formula is C20H34N6O. The lowest BCUT2D eigenvalue weighted by Gasteiger charge is -2.47. The summed E-state index contributed by atoms with van der Waals surface area (Å²) in [5.41, 5.74) is 1.27. The molecule has 0 bridgehead atoms. The van der Waals surface area contributed by atoms with Gasteiger partial charge in [-0.05, 0) is 58.7 Å². The van der Waals surface area contributed by atoms with Gasteiger partial charge in [0.05, 0.1) is 0 Å². The fourth-order valence-electron chi connectivity index (χ4n) is 4.33. The molecule has 0 aliphatic carbocycles. The average Bonchev–Trinajstić information content (AvgIpc) is 2.64. The lowest BCUT2D eigenvalue weighted by Crippen LogP contribution is -2.52. The number of amides is 1. The van der Waals surface area contributed by atoms with Gasteiger partial charge < -0.3 is 20.0 Å². The van der Waals surface area contributed by atoms with Crippen LogP contribution in [-0.4, -0.2) is 79.5 Å². The smallest absolute Gasteiger partial charge is 0.224 e. The Balaban J connectivity index is 1.60. The molecule has 0 unspecified atom stereocenters. The van der Waals surface area contributed by atoms with Crippen LogP contribution < -0.4 is 10.2 Å². The topological polar surface area (TPSA) is 64.6 Å². The Morgan fingerprint density at radius 2 is 1.96 bits per heavy atom. The Kier molecular flexibility index (Phi) is 6.19. The van der Waals surface area contributed by atoms with E-state index in [2.05, 4.69) is 50.1 Å². The first kappa shape index (κ1) is 19.9. The minimum Gasteiger partial charge on any atom is -0.357 e. The number of aromatic nitrogens is 2. The summed E-state index contributed by atoms with van der Waals surface area (Å²) in [6, 6.07) is 2.07. The number of piperidine rings is 2. The normalized spacial score (nSPS) is 19.8. The second-order valence-corrected chi connectivity index (χ2v) is 8.40. The van der Waals surface area contributed by atoms with Crippen molar-refractivity contribution >= 4 is 17.7 Å². The minimum atomic E-state index is 0.288. The quantitative estimate of drug-likeness (QED) is 0.822. The van der Waals surface area contributed by atoms with Gasteiger partial charge in [-0.25, -0.2) is 4.98 Å². The number of carbonyl (C=O) groups is 1. The Labute approximate surface area is 163 Å². The summed E-state index contributed by atoms with van der Waals surface area (Å²) in [7, 11) is 6.03. The van der Waals surface area contributed by atoms with Crippen LogP contribution in [0.25, 0.3) is 0 Å². The van der Waals surface area contributed by atoms with Crippen LogP contribution in [0.4, 0.5) is 11.8 Å². The van der Waals surface area contributed by atoms with Crippen molar-refractivity contribution in [3.8, 4) is 0 Å². The highest BCUT2D eigenvalue weighted by atomic mass is 16.2. The summed E-state index contributed by atoms with van der Waals surface area (Å²) in [5, 5.41) is 3.05. The van der Waals surface area contributed by atoms with Crippen molar-refractivity contribution in [3.05, 3.63) is 11.8 Å². The first-order valence-corrected chi connectivity index (χ1v) is 10.1. The lowest BCUT2D eigenvalue weighted by atomic mass is 9.72. The zero-order valence-corrected chi connectivity index (χ0v) is 17.3. The van der Waals surface area contributed by atoms with Gasteiger partial charge in [0, 0.05) is 51.4 Å². The van der Waals surface area contributed by atoms with Crippen LogP contribution in [0, 0.1) is 12.3 Å². The van der Waals surface area contributed by atoms with Gasteiger partial charge in [0.1, 0.15) is 5.82 Å². The number of hydrogen-bond donors (Lipinski definition) is 1. The second kappa shape index (κ2) is 8.42. The number of nitrogens with one attached hydrogen (secondary N) is 1. The van der Waals surface area contributed by atoms with E-state index in [-0.39, 0.29) is 5.41 Å². The Morgan fingerprint density at radius 3 is 2.63 bits per heavy atom. The van der Waals surface area contributed by atoms with Gasteiger partial charge in [0.25, 0.3) is 0 Å². The molecule has 1 aromatic rings. The predicted molar refractivity (Wildman–Crippen MR) is 109 cm³/mol. The summed E-state index contributed by atoms with van der Waals surface area (Å²) in [6.07, 6.45) is 5.05. The number of hydrogen-bond acceptors (Lipinski definition) is 6. The summed E-state index contributed by atoms with van der Waals surface area (Å²) >= 11 is 0. The molecule has 0 aromatic carbocycles. The Hall–Kier alpha value is -1.89. The molecule has 0 atom stereocenters. The highest BCUT2D eigenvalue weighted by Crippen LogP contribution is 2.41. The van der Waals surface area contributed by atoms with E-state index in [1.807, 2.05) is 14.0 Å². The van der Waals surface area contributed by atoms with Crippen molar-refractivity contribution < 1.29 is 4.79 Å². The van der Waals surface area contributed by atoms with Crippen LogP contribution in [0.5, 0.6) is 0 Å². The van der Waals surface area contributed by atoms with E-state index in [4.69, 9.17) is 0 Å². The van der Waals surface area contributed by atoms with Crippen LogP contribution in [0.3, 0.4) is 0 Å². The van der Waals surface area contributed by atoms with E-state index in [9.17, 15) is 4.79 Å². The van der Waals surface area contributed by atoms with Crippen LogP contribution in [0.1, 0.15) is 37.8 Å². The molecule has 1 amide bonds. The predicted octanol–water partition coefficient (Wildman–Crippen LogP) is 1.99. The van der Waals surface area contributed by atoms with Crippen molar-refractivity contribution in [2.24, 2.45) is 5.41 Å². The molecule has 7 heteroatoms. The van der Waals surface area contributed by atoms with Gasteiger partial charge in [-0.2, -0.15) is 4.98 Å². The van der Waals surface area contributed by atoms with Gasteiger partial charge in [-0.15, -0.1) is 0 Å². The molecule has 0 saturated carbocycles. The molecular weight excluding hydrogens is 340 g/mol. The minimum absolute atomic E-state index is 0.288. The molecule has 27 heavy (non-hydrogen) atoms. The zero-order chi connectivity index (χ0) is 19.4. The molecule has 1 N–H and O–H groups in total. The zero-order valence-electron chi connectivity index (χ0n) is 17.3. The standard InChI is InChI=1S/C20H34N6O/c1-16-14-17(23-19(21-2)22-16)25-12-8-20(9-13-25)7-6-18(27)26(15-20)11-5-10-24(3)4/h14H,5-13,15H2,1-4H3,(H,21,22,23). The lowest BCUT2D eigenvalue weighted by molar-refractivity contribution is -0.138. The molecule has 2 aliphatic rings. The Bertz CT molecular complexity index is 654. The molecule has 2 aliphatic heterocycles. The molecule has 3 heterocycles. The van der Waals surface area contributed by atoms with Crippen LogP contribution in [0.2, 0.25) is 0 Å². The molecule has 1 aromatic heterocycles. The summed E-state index contributed by atoms with van der Waals surface area (Å²) in [5.74, 6) is 2.03. The summed E-state index contributed by atoms with van der Waals surface area (Å²) < 4.78 is 0. The molecule has 7 nitrogen and oxygen atoms in total. The maximum Gasteiger partial charge on any atom is 0.224 e. The van der Waals surface area contributed by atoms with E-state index >= 15 is 0 Å². The third kappa shape index (κ3) is 4.89. The number of nitrogens with zero attached hydrogens (tertiary/aromatic N) is 5. The molecule has 2 fully saturated rings. The number of anilines is 2. The van der Waals surface area contributed by atoms with E-state index in [1.54, 1.807) is 0 Å². The number of aryl methyl sites for hydroxylation is 1. The first-order valence-electron chi connectivity index (χ1n) is 10.1. The van der Waals surface area contributed by atoms with Crippen molar-refractivity contribution in [2.45, 2.75) is 39.0 Å². The highest BCUT2D eigenvalue weighted by molar-refractivity contribution is 5.77. The monoisotopic (exact) mass is 374 g/mol. The van der Waals surface area contributed by atoms with Crippen LogP contribution in [-0.2, 0) is 4.79 Å². The molecule has 150 valence electrons. The van der Waals surface area contributed by atoms with E-state index in [0.717, 1.165) is 69.9 Å². The SMILES string of the molecule is CNc1nc(C)cc(N2CCC3(CCC(=O)N(CCCN(C)C)C3)CC2)n1. The van der Waals surface area contributed by atoms with Crippen molar-refractivity contribution in [2.75, 3.05) is 64.1 Å². The van der Waals surface area contributed by atoms with Crippen molar-refractivity contribution in [3.63, 3.8) is 0 Å². The number of carbonyl (C=O) groups excluding carboxylic acids is 1. The van der Waals surface area contributed by atoms with Crippen molar-refractivity contribution in [1.29, 1.82) is 0 Å². The molecule has 2 saturated heterocycles.